The lowest BCUT2D eigenvalue weighted by molar-refractivity contribution is -0.141. The molecule has 0 heterocycles. The van der Waals surface area contributed by atoms with E-state index in [1.807, 2.05) is 23.9 Å². The molecule has 0 rings (SSSR count). The highest BCUT2D eigenvalue weighted by Gasteiger charge is 2.08. The molecule has 0 amide bonds. The maximum atomic E-state index is 10.6. The van der Waals surface area contributed by atoms with Crippen molar-refractivity contribution in [2.24, 2.45) is 5.92 Å². The van der Waals surface area contributed by atoms with Crippen LogP contribution in [0.2, 0.25) is 0 Å². The van der Waals surface area contributed by atoms with Crippen LogP contribution >= 0.6 is 11.8 Å². The molecule has 20 heavy (non-hydrogen) atoms. The fraction of sp³-hybridized carbons (Fsp3) is 0.529. The summed E-state index contributed by atoms with van der Waals surface area (Å²) in [5.74, 6) is 0.974. The molecular formula is C17H26O2S. The van der Waals surface area contributed by atoms with Crippen molar-refractivity contribution >= 4 is 17.7 Å². The summed E-state index contributed by atoms with van der Waals surface area (Å²) in [5.41, 5.74) is 3.10. The zero-order valence-electron chi connectivity index (χ0n) is 12.5. The number of rotatable bonds is 11. The van der Waals surface area contributed by atoms with E-state index in [1.165, 1.54) is 0 Å². The van der Waals surface area contributed by atoms with E-state index in [0.717, 1.165) is 30.8 Å². The summed E-state index contributed by atoms with van der Waals surface area (Å²) in [6.45, 7) is 3.87. The second kappa shape index (κ2) is 14.2. The molecule has 0 bridgehead atoms. The topological polar surface area (TPSA) is 37.3 Å². The van der Waals surface area contributed by atoms with Gasteiger partial charge in [0.1, 0.15) is 0 Å². The van der Waals surface area contributed by atoms with Crippen LogP contribution < -0.4 is 0 Å². The molecule has 0 saturated carbocycles. The molecule has 0 radical (unpaired) electrons. The zero-order valence-corrected chi connectivity index (χ0v) is 13.4. The molecule has 0 aliphatic rings. The Balaban J connectivity index is 3.52. The molecule has 0 aliphatic carbocycles. The molecule has 2 nitrogen and oxygen atoms in total. The van der Waals surface area contributed by atoms with Crippen LogP contribution in [0.5, 0.6) is 0 Å². The first-order chi connectivity index (χ1) is 9.68. The lowest BCUT2D eigenvalue weighted by atomic mass is 10.1. The average Bonchev–Trinajstić information content (AvgIpc) is 2.43. The molecule has 1 unspecified atom stereocenters. The molecule has 0 aromatic carbocycles. The Morgan fingerprint density at radius 3 is 2.65 bits per heavy atom. The second-order valence-corrected chi connectivity index (χ2v) is 5.59. The molecule has 3 heteroatoms. The van der Waals surface area contributed by atoms with Crippen LogP contribution in [0.3, 0.4) is 0 Å². The maximum absolute atomic E-state index is 10.6. The van der Waals surface area contributed by atoms with E-state index in [1.54, 1.807) is 6.92 Å². The molecule has 0 aliphatic heterocycles. The predicted octanol–water partition coefficient (Wildman–Crippen LogP) is 4.84. The summed E-state index contributed by atoms with van der Waals surface area (Å²) in [5, 5.41) is 8.72. The van der Waals surface area contributed by atoms with Crippen LogP contribution in [-0.2, 0) is 4.79 Å². The van der Waals surface area contributed by atoms with Gasteiger partial charge in [0.15, 0.2) is 0 Å². The first-order valence-electron chi connectivity index (χ1n) is 7.18. The molecule has 0 aromatic rings. The van der Waals surface area contributed by atoms with Crippen molar-refractivity contribution in [2.75, 3.05) is 11.5 Å². The van der Waals surface area contributed by atoms with Gasteiger partial charge in [0.05, 0.1) is 5.92 Å². The third-order valence-electron chi connectivity index (χ3n) is 2.66. The van der Waals surface area contributed by atoms with Crippen molar-refractivity contribution < 1.29 is 9.90 Å². The van der Waals surface area contributed by atoms with Crippen LogP contribution in [0.15, 0.2) is 42.2 Å². The van der Waals surface area contributed by atoms with Crippen LogP contribution in [-0.4, -0.2) is 22.6 Å². The van der Waals surface area contributed by atoms with Crippen molar-refractivity contribution in [1.29, 1.82) is 0 Å². The first-order valence-corrected chi connectivity index (χ1v) is 8.33. The van der Waals surface area contributed by atoms with Gasteiger partial charge in [0, 0.05) is 11.5 Å². The molecule has 1 N–H and O–H groups in total. The molecule has 0 fully saturated rings. The second-order valence-electron chi connectivity index (χ2n) is 4.52. The Bertz CT molecular complexity index is 363. The van der Waals surface area contributed by atoms with Crippen molar-refractivity contribution in [3.8, 4) is 0 Å². The van der Waals surface area contributed by atoms with Crippen molar-refractivity contribution in [1.82, 2.24) is 0 Å². The van der Waals surface area contributed by atoms with Gasteiger partial charge < -0.3 is 5.11 Å². The summed E-state index contributed by atoms with van der Waals surface area (Å²) in [6.07, 6.45) is 16.2. The lowest BCUT2D eigenvalue weighted by Crippen LogP contribution is -2.08. The number of hydrogen-bond acceptors (Lipinski definition) is 2. The maximum Gasteiger partial charge on any atom is 0.306 e. The zero-order chi connectivity index (χ0) is 15.1. The third-order valence-corrected chi connectivity index (χ3v) is 3.49. The van der Waals surface area contributed by atoms with Crippen molar-refractivity contribution in [3.63, 3.8) is 0 Å². The third kappa shape index (κ3) is 13.3. The Morgan fingerprint density at radius 1 is 1.20 bits per heavy atom. The highest BCUT2D eigenvalue weighted by molar-refractivity contribution is 7.99. The number of carboxylic acid groups (broad SMARTS) is 1. The molecule has 0 saturated heterocycles. The van der Waals surface area contributed by atoms with E-state index in [-0.39, 0.29) is 5.92 Å². The minimum Gasteiger partial charge on any atom is -0.481 e. The lowest BCUT2D eigenvalue weighted by Gasteiger charge is -2.00. The fourth-order valence-electron chi connectivity index (χ4n) is 1.37. The van der Waals surface area contributed by atoms with E-state index in [0.29, 0.717) is 6.42 Å². The smallest absolute Gasteiger partial charge is 0.306 e. The number of thioether (sulfide) groups is 1. The van der Waals surface area contributed by atoms with Crippen LogP contribution in [0.25, 0.3) is 0 Å². The van der Waals surface area contributed by atoms with Gasteiger partial charge in [0.25, 0.3) is 0 Å². The SMILES string of the molecule is CC/C=C\C/C=C\CSCC=C=CCCC(C)C(=O)O. The first kappa shape index (κ1) is 18.8. The minimum absolute atomic E-state index is 0.269. The van der Waals surface area contributed by atoms with Gasteiger partial charge in [-0.2, -0.15) is 11.8 Å². The molecule has 0 spiro atoms. The van der Waals surface area contributed by atoms with Crippen molar-refractivity contribution in [3.05, 3.63) is 42.2 Å². The standard InChI is InChI=1S/C17H26O2S/c1-3-4-5-6-8-11-14-20-15-12-9-7-10-13-16(2)17(18)19/h4-5,7-8,11-12,16H,3,6,10,13-15H2,1-2H3,(H,18,19)/b5-4-,11-8-. The Kier molecular flexibility index (Phi) is 13.4. The van der Waals surface area contributed by atoms with Crippen molar-refractivity contribution in [2.45, 2.75) is 39.5 Å². The number of aliphatic carboxylic acids is 1. The number of hydrogen-bond donors (Lipinski definition) is 1. The van der Waals surface area contributed by atoms with E-state index in [2.05, 4.69) is 37.0 Å². The molecule has 0 aromatic heterocycles. The monoisotopic (exact) mass is 294 g/mol. The van der Waals surface area contributed by atoms with Gasteiger partial charge >= 0.3 is 5.97 Å². The normalized spacial score (nSPS) is 12.5. The van der Waals surface area contributed by atoms with Gasteiger partial charge in [-0.15, -0.1) is 5.73 Å². The van der Waals surface area contributed by atoms with Crippen LogP contribution in [0, 0.1) is 5.92 Å². The fourth-order valence-corrected chi connectivity index (χ4v) is 1.99. The van der Waals surface area contributed by atoms with Gasteiger partial charge in [-0.3, -0.25) is 4.79 Å². The van der Waals surface area contributed by atoms with Crippen LogP contribution in [0.1, 0.15) is 39.5 Å². The largest absolute Gasteiger partial charge is 0.481 e. The Morgan fingerprint density at radius 2 is 1.95 bits per heavy atom. The summed E-state index contributed by atoms with van der Waals surface area (Å²) in [7, 11) is 0. The van der Waals surface area contributed by atoms with Gasteiger partial charge in [-0.05, 0) is 37.8 Å². The van der Waals surface area contributed by atoms with Gasteiger partial charge in [-0.1, -0.05) is 38.2 Å². The van der Waals surface area contributed by atoms with E-state index >= 15 is 0 Å². The predicted molar refractivity (Wildman–Crippen MR) is 89.2 cm³/mol. The quantitative estimate of drug-likeness (QED) is 0.336. The molecule has 112 valence electrons. The van der Waals surface area contributed by atoms with E-state index < -0.39 is 5.97 Å². The summed E-state index contributed by atoms with van der Waals surface area (Å²) >= 11 is 1.84. The van der Waals surface area contributed by atoms with E-state index in [4.69, 9.17) is 5.11 Å². The summed E-state index contributed by atoms with van der Waals surface area (Å²) in [6, 6.07) is 0. The minimum atomic E-state index is -0.724. The summed E-state index contributed by atoms with van der Waals surface area (Å²) in [4.78, 5) is 10.6. The number of carbonyl (C=O) groups is 1. The van der Waals surface area contributed by atoms with Crippen LogP contribution in [0.4, 0.5) is 0 Å². The summed E-state index contributed by atoms with van der Waals surface area (Å²) < 4.78 is 0. The number of carboxylic acids is 1. The number of allylic oxidation sites excluding steroid dienone is 3. The Labute approximate surface area is 127 Å². The van der Waals surface area contributed by atoms with Gasteiger partial charge in [0.2, 0.25) is 0 Å². The highest BCUT2D eigenvalue weighted by atomic mass is 32.2. The highest BCUT2D eigenvalue weighted by Crippen LogP contribution is 2.05. The van der Waals surface area contributed by atoms with Gasteiger partial charge in [-0.25, -0.2) is 0 Å². The molecular weight excluding hydrogens is 268 g/mol. The average molecular weight is 294 g/mol. The Hall–Kier alpha value is -1.18. The molecule has 1 atom stereocenters. The van der Waals surface area contributed by atoms with E-state index in [9.17, 15) is 4.79 Å².